The van der Waals surface area contributed by atoms with E-state index in [-0.39, 0.29) is 0 Å². The molecule has 8 rings (SSSR count). The quantitative estimate of drug-likeness (QED) is 0.206. The van der Waals surface area contributed by atoms with E-state index in [1.165, 1.54) is 37.9 Å². The molecule has 0 fully saturated rings. The fourth-order valence-corrected chi connectivity index (χ4v) is 6.91. The molecule has 3 nitrogen and oxygen atoms in total. The van der Waals surface area contributed by atoms with Crippen molar-refractivity contribution < 1.29 is 0 Å². The third kappa shape index (κ3) is 4.08. The summed E-state index contributed by atoms with van der Waals surface area (Å²) in [6.07, 6.45) is 4.18. The number of aromatic nitrogens is 3. The van der Waals surface area contributed by atoms with Gasteiger partial charge in [-0.05, 0) is 78.2 Å². The van der Waals surface area contributed by atoms with Gasteiger partial charge in [0.05, 0.1) is 16.7 Å². The third-order valence-corrected chi connectivity index (χ3v) is 8.87. The summed E-state index contributed by atoms with van der Waals surface area (Å²) in [7, 11) is 0. The topological polar surface area (TPSA) is 22.8 Å². The molecule has 42 heavy (non-hydrogen) atoms. The minimum absolute atomic E-state index is 0.949. The highest BCUT2D eigenvalue weighted by Gasteiger charge is 2.23. The average Bonchev–Trinajstić information content (AvgIpc) is 3.80. The van der Waals surface area contributed by atoms with Gasteiger partial charge in [0.2, 0.25) is 0 Å². The van der Waals surface area contributed by atoms with Crippen LogP contribution in [0.5, 0.6) is 0 Å². The van der Waals surface area contributed by atoms with Crippen LogP contribution in [0.3, 0.4) is 0 Å². The van der Waals surface area contributed by atoms with Crippen LogP contribution >= 0.6 is 11.3 Å². The summed E-state index contributed by atoms with van der Waals surface area (Å²) < 4.78 is 5.80. The van der Waals surface area contributed by atoms with Crippen LogP contribution in [0.4, 0.5) is 0 Å². The van der Waals surface area contributed by atoms with Crippen LogP contribution in [-0.2, 0) is 0 Å². The highest BCUT2D eigenvalue weighted by atomic mass is 32.1. The van der Waals surface area contributed by atoms with Crippen molar-refractivity contribution in [3.05, 3.63) is 151 Å². The summed E-state index contributed by atoms with van der Waals surface area (Å²) in [4.78, 5) is 5.33. The zero-order chi connectivity index (χ0) is 28.0. The number of fused-ring (bicyclic) bond motifs is 2. The molecule has 0 amide bonds. The first-order valence-electron chi connectivity index (χ1n) is 14.1. The molecule has 5 aromatic carbocycles. The maximum atomic E-state index is 5.33. The molecule has 0 saturated heterocycles. The van der Waals surface area contributed by atoms with Crippen LogP contribution in [0.1, 0.15) is 5.56 Å². The van der Waals surface area contributed by atoms with Crippen LogP contribution in [0.25, 0.3) is 66.1 Å². The van der Waals surface area contributed by atoms with Crippen molar-refractivity contribution in [3.63, 3.8) is 0 Å². The number of para-hydroxylation sites is 2. The molecule has 0 saturated carbocycles. The fraction of sp³-hybridized carbons (Fsp3) is 0.0263. The summed E-state index contributed by atoms with van der Waals surface area (Å²) in [6, 6.07) is 45.4. The van der Waals surface area contributed by atoms with E-state index in [2.05, 4.69) is 161 Å². The van der Waals surface area contributed by atoms with E-state index in [0.29, 0.717) is 0 Å². The van der Waals surface area contributed by atoms with Gasteiger partial charge < -0.3 is 4.57 Å². The highest BCUT2D eigenvalue weighted by Crippen LogP contribution is 2.43. The number of rotatable bonds is 5. The molecule has 0 N–H and O–H groups in total. The fourth-order valence-electron chi connectivity index (χ4n) is 5.99. The first kappa shape index (κ1) is 24.6. The predicted molar refractivity (Wildman–Crippen MR) is 177 cm³/mol. The van der Waals surface area contributed by atoms with Crippen LogP contribution in [0.2, 0.25) is 0 Å². The number of benzene rings is 5. The van der Waals surface area contributed by atoms with Gasteiger partial charge >= 0.3 is 0 Å². The molecule has 0 radical (unpaired) electrons. The molecular formula is C38H27N3S. The van der Waals surface area contributed by atoms with E-state index < -0.39 is 0 Å². The summed E-state index contributed by atoms with van der Waals surface area (Å²) >= 11 is 1.77. The van der Waals surface area contributed by atoms with Gasteiger partial charge in [0, 0.05) is 50.2 Å². The molecule has 8 aromatic rings. The number of thiophene rings is 1. The molecule has 0 bridgehead atoms. The van der Waals surface area contributed by atoms with Gasteiger partial charge in [-0.25, -0.2) is 4.98 Å². The van der Waals surface area contributed by atoms with E-state index in [4.69, 9.17) is 4.98 Å². The zero-order valence-electron chi connectivity index (χ0n) is 23.1. The van der Waals surface area contributed by atoms with E-state index in [0.717, 1.165) is 33.8 Å². The van der Waals surface area contributed by atoms with E-state index in [1.54, 1.807) is 11.3 Å². The summed E-state index contributed by atoms with van der Waals surface area (Å²) in [5.41, 5.74) is 11.4. The minimum Gasteiger partial charge on any atom is -0.324 e. The first-order chi connectivity index (χ1) is 20.7. The van der Waals surface area contributed by atoms with Crippen LogP contribution in [0.15, 0.2) is 145 Å². The summed E-state index contributed by atoms with van der Waals surface area (Å²) in [6.45, 7) is 2.19. The van der Waals surface area contributed by atoms with E-state index >= 15 is 0 Å². The Morgan fingerprint density at radius 1 is 0.619 bits per heavy atom. The Morgan fingerprint density at radius 3 is 1.95 bits per heavy atom. The zero-order valence-corrected chi connectivity index (χ0v) is 23.9. The van der Waals surface area contributed by atoms with Gasteiger partial charge in [0.25, 0.3) is 0 Å². The van der Waals surface area contributed by atoms with Crippen molar-refractivity contribution in [2.75, 3.05) is 0 Å². The van der Waals surface area contributed by atoms with Gasteiger partial charge in [-0.2, -0.15) is 0 Å². The molecule has 0 aliphatic carbocycles. The van der Waals surface area contributed by atoms with Crippen molar-refractivity contribution in [1.29, 1.82) is 0 Å². The largest absolute Gasteiger partial charge is 0.324 e. The number of hydrogen-bond donors (Lipinski definition) is 0. The van der Waals surface area contributed by atoms with Crippen molar-refractivity contribution in [3.8, 4) is 45.0 Å². The molecule has 0 aliphatic heterocycles. The normalized spacial score (nSPS) is 11.5. The Bertz CT molecular complexity index is 2130. The summed E-state index contributed by atoms with van der Waals surface area (Å²) in [5.74, 6) is 0.949. The van der Waals surface area contributed by atoms with Crippen LogP contribution < -0.4 is 0 Å². The Kier molecular flexibility index (Phi) is 5.87. The third-order valence-electron chi connectivity index (χ3n) is 7.91. The van der Waals surface area contributed by atoms with Crippen molar-refractivity contribution in [2.45, 2.75) is 6.92 Å². The number of aryl methyl sites for hydroxylation is 1. The lowest BCUT2D eigenvalue weighted by atomic mass is 9.93. The predicted octanol–water partition coefficient (Wildman–Crippen LogP) is 10.3. The standard InChI is InChI=1S/C38H27N3S/c1-26-22-30(27-12-4-2-5-13-27)37(31(23-26)28-14-6-3-7-15-28)41-35-17-9-8-16-34(35)39-38(41)33-25-42-36-19-18-29(24-32(33)36)40-20-10-11-21-40/h2-25H,1H3. The lowest BCUT2D eigenvalue weighted by Crippen LogP contribution is -2.03. The molecule has 0 atom stereocenters. The Labute approximate surface area is 248 Å². The Morgan fingerprint density at radius 2 is 1.26 bits per heavy atom. The van der Waals surface area contributed by atoms with Gasteiger partial charge in [0.15, 0.2) is 0 Å². The molecule has 3 aromatic heterocycles. The Hall–Kier alpha value is -5.19. The number of imidazole rings is 1. The maximum Gasteiger partial charge on any atom is 0.147 e. The lowest BCUT2D eigenvalue weighted by molar-refractivity contribution is 1.08. The molecule has 3 heterocycles. The van der Waals surface area contributed by atoms with Gasteiger partial charge in [-0.3, -0.25) is 4.57 Å². The molecule has 0 spiro atoms. The van der Waals surface area contributed by atoms with E-state index in [9.17, 15) is 0 Å². The van der Waals surface area contributed by atoms with E-state index in [1.807, 2.05) is 0 Å². The van der Waals surface area contributed by atoms with Gasteiger partial charge in [0.1, 0.15) is 5.82 Å². The van der Waals surface area contributed by atoms with Crippen molar-refractivity contribution in [1.82, 2.24) is 14.1 Å². The molecular weight excluding hydrogens is 531 g/mol. The van der Waals surface area contributed by atoms with Crippen LogP contribution in [-0.4, -0.2) is 14.1 Å². The maximum absolute atomic E-state index is 5.33. The molecule has 200 valence electrons. The number of nitrogens with zero attached hydrogens (tertiary/aromatic N) is 3. The lowest BCUT2D eigenvalue weighted by Gasteiger charge is -2.20. The van der Waals surface area contributed by atoms with Crippen molar-refractivity contribution >= 4 is 32.5 Å². The second kappa shape index (κ2) is 10.0. The summed E-state index contributed by atoms with van der Waals surface area (Å²) in [5, 5.41) is 3.47. The van der Waals surface area contributed by atoms with Gasteiger partial charge in [-0.15, -0.1) is 11.3 Å². The monoisotopic (exact) mass is 557 g/mol. The SMILES string of the molecule is Cc1cc(-c2ccccc2)c(-n2c(-c3csc4ccc(-n5cccc5)cc34)nc3ccccc32)c(-c2ccccc2)c1. The second-order valence-corrected chi connectivity index (χ2v) is 11.5. The molecule has 0 aliphatic rings. The number of hydrogen-bond acceptors (Lipinski definition) is 2. The second-order valence-electron chi connectivity index (χ2n) is 10.6. The minimum atomic E-state index is 0.949. The highest BCUT2D eigenvalue weighted by molar-refractivity contribution is 7.17. The average molecular weight is 558 g/mol. The van der Waals surface area contributed by atoms with Gasteiger partial charge in [-0.1, -0.05) is 72.8 Å². The molecule has 4 heteroatoms. The van der Waals surface area contributed by atoms with Crippen LogP contribution in [0, 0.1) is 6.92 Å². The first-order valence-corrected chi connectivity index (χ1v) is 15.0. The van der Waals surface area contributed by atoms with Crippen molar-refractivity contribution in [2.24, 2.45) is 0 Å². The smallest absolute Gasteiger partial charge is 0.147 e. The molecule has 0 unspecified atom stereocenters. The Balaban J connectivity index is 1.49.